The van der Waals surface area contributed by atoms with Gasteiger partial charge >= 0.3 is 0 Å². The Morgan fingerprint density at radius 3 is 3.00 bits per heavy atom. The van der Waals surface area contributed by atoms with Crippen molar-refractivity contribution in [3.05, 3.63) is 41.5 Å². The van der Waals surface area contributed by atoms with Crippen LogP contribution in [0, 0.1) is 5.92 Å². The molecule has 0 fully saturated rings. The molecule has 1 aliphatic heterocycles. The minimum absolute atomic E-state index is 0.00335. The maximum Gasteiger partial charge on any atom is 0.227 e. The summed E-state index contributed by atoms with van der Waals surface area (Å²) in [5, 5.41) is 14.3. The molecule has 3 N–H and O–H groups in total. The number of ether oxygens (including phenoxy) is 1. The number of guanidine groups is 1. The Hall–Kier alpha value is -2.94. The number of fused-ring (bicyclic) bond motifs is 1. The molecule has 9 nitrogen and oxygen atoms in total. The highest BCUT2D eigenvalue weighted by molar-refractivity contribution is 5.92. The first kappa shape index (κ1) is 22.7. The molecule has 0 saturated carbocycles. The summed E-state index contributed by atoms with van der Waals surface area (Å²) in [7, 11) is 3.41. The van der Waals surface area contributed by atoms with Gasteiger partial charge in [-0.3, -0.25) is 9.79 Å². The van der Waals surface area contributed by atoms with Crippen molar-refractivity contribution in [1.29, 1.82) is 0 Å². The number of hydrogen-bond acceptors (Lipinski definition) is 5. The third kappa shape index (κ3) is 6.27. The van der Waals surface area contributed by atoms with Crippen molar-refractivity contribution in [2.24, 2.45) is 10.9 Å². The molecule has 0 spiro atoms. The molecule has 1 aromatic heterocycles. The van der Waals surface area contributed by atoms with E-state index >= 15 is 0 Å². The van der Waals surface area contributed by atoms with Crippen molar-refractivity contribution in [1.82, 2.24) is 25.4 Å². The minimum atomic E-state index is -0.00335. The molecule has 31 heavy (non-hydrogen) atoms. The van der Waals surface area contributed by atoms with E-state index in [1.54, 1.807) is 14.2 Å². The summed E-state index contributed by atoms with van der Waals surface area (Å²) in [5.74, 6) is 2.50. The number of aromatic nitrogens is 3. The zero-order valence-electron chi connectivity index (χ0n) is 18.8. The number of methoxy groups -OCH3 is 1. The van der Waals surface area contributed by atoms with Gasteiger partial charge in [0.1, 0.15) is 12.4 Å². The number of aryl methyl sites for hydroxylation is 1. The molecular formula is C22H33N7O2. The quantitative estimate of drug-likeness (QED) is 0.440. The highest BCUT2D eigenvalue weighted by Crippen LogP contribution is 2.15. The first-order valence-corrected chi connectivity index (χ1v) is 10.8. The van der Waals surface area contributed by atoms with Crippen molar-refractivity contribution < 1.29 is 9.53 Å². The first-order valence-electron chi connectivity index (χ1n) is 10.8. The van der Waals surface area contributed by atoms with E-state index in [1.807, 2.05) is 42.8 Å². The fourth-order valence-electron chi connectivity index (χ4n) is 3.45. The second-order valence-corrected chi connectivity index (χ2v) is 7.86. The molecule has 1 amide bonds. The molecule has 2 unspecified atom stereocenters. The summed E-state index contributed by atoms with van der Waals surface area (Å²) in [6, 6.07) is 8.09. The maximum atomic E-state index is 12.1. The van der Waals surface area contributed by atoms with Gasteiger partial charge in [0.2, 0.25) is 5.91 Å². The molecule has 0 bridgehead atoms. The van der Waals surface area contributed by atoms with E-state index in [2.05, 4.69) is 31.0 Å². The monoisotopic (exact) mass is 427 g/mol. The van der Waals surface area contributed by atoms with Crippen LogP contribution in [0.4, 0.5) is 5.69 Å². The van der Waals surface area contributed by atoms with Crippen molar-refractivity contribution in [3.63, 3.8) is 0 Å². The molecule has 2 heterocycles. The Kier molecular flexibility index (Phi) is 8.00. The fraction of sp³-hybridized carbons (Fsp3) is 0.545. The van der Waals surface area contributed by atoms with Crippen LogP contribution < -0.4 is 16.0 Å². The number of nitrogens with one attached hydrogen (secondary N) is 3. The van der Waals surface area contributed by atoms with Gasteiger partial charge in [-0.2, -0.15) is 5.10 Å². The molecule has 2 atom stereocenters. The third-order valence-corrected chi connectivity index (χ3v) is 5.45. The molecule has 9 heteroatoms. The van der Waals surface area contributed by atoms with Crippen LogP contribution >= 0.6 is 0 Å². The number of rotatable bonds is 8. The van der Waals surface area contributed by atoms with Crippen LogP contribution in [0.15, 0.2) is 29.3 Å². The van der Waals surface area contributed by atoms with E-state index in [9.17, 15) is 4.79 Å². The summed E-state index contributed by atoms with van der Waals surface area (Å²) in [4.78, 5) is 21.0. The summed E-state index contributed by atoms with van der Waals surface area (Å²) in [5.41, 5.74) is 1.88. The Balaban J connectivity index is 1.53. The number of nitrogens with zero attached hydrogens (tertiary/aromatic N) is 4. The van der Waals surface area contributed by atoms with E-state index in [0.29, 0.717) is 13.2 Å². The van der Waals surface area contributed by atoms with E-state index in [-0.39, 0.29) is 17.9 Å². The largest absolute Gasteiger partial charge is 0.377 e. The van der Waals surface area contributed by atoms with Gasteiger partial charge in [-0.15, -0.1) is 0 Å². The maximum absolute atomic E-state index is 12.1. The number of amides is 1. The number of carbonyl (C=O) groups is 1. The molecule has 3 rings (SSSR count). The summed E-state index contributed by atoms with van der Waals surface area (Å²) >= 11 is 0. The van der Waals surface area contributed by atoms with Gasteiger partial charge in [0, 0.05) is 44.8 Å². The number of aliphatic imine (C=N–C) groups is 1. The zero-order valence-corrected chi connectivity index (χ0v) is 18.8. The molecule has 1 aliphatic rings. The zero-order chi connectivity index (χ0) is 22.2. The Bertz CT molecular complexity index is 909. The number of benzene rings is 1. The molecule has 1 aromatic carbocycles. The topological polar surface area (TPSA) is 105 Å². The van der Waals surface area contributed by atoms with Crippen LogP contribution in [-0.2, 0) is 35.6 Å². The predicted octanol–water partition coefficient (Wildman–Crippen LogP) is 2.09. The number of hydrogen-bond donors (Lipinski definition) is 3. The second kappa shape index (κ2) is 10.9. The molecule has 168 valence electrons. The van der Waals surface area contributed by atoms with Gasteiger partial charge in [-0.1, -0.05) is 26.0 Å². The molecule has 0 aliphatic carbocycles. The van der Waals surface area contributed by atoms with Gasteiger partial charge in [-0.25, -0.2) is 9.67 Å². The standard InChI is InChI=1S/C22H33N7O2/c1-5-15(2)21(30)25-17-8-6-7-16(11-17)12-24-22(23-3)26-18-9-10-20-27-19(14-31-4)28-29(20)13-18/h6-8,11,15,18H,5,9-10,12-14H2,1-4H3,(H,25,30)(H2,23,24,26). The van der Waals surface area contributed by atoms with Gasteiger partial charge < -0.3 is 20.7 Å². The molecule has 0 saturated heterocycles. The normalized spacial score (nSPS) is 17.0. The average molecular weight is 428 g/mol. The van der Waals surface area contributed by atoms with Gasteiger partial charge in [0.05, 0.1) is 6.54 Å². The highest BCUT2D eigenvalue weighted by atomic mass is 16.5. The third-order valence-electron chi connectivity index (χ3n) is 5.45. The summed E-state index contributed by atoms with van der Waals surface area (Å²) < 4.78 is 7.08. The average Bonchev–Trinajstić information content (AvgIpc) is 3.18. The van der Waals surface area contributed by atoms with Crippen molar-refractivity contribution >= 4 is 17.6 Å². The van der Waals surface area contributed by atoms with Crippen LogP contribution in [0.1, 0.15) is 43.9 Å². The SMILES string of the molecule is CCC(C)C(=O)Nc1cccc(CNC(=NC)NC2CCc3nc(COC)nn3C2)c1. The van der Waals surface area contributed by atoms with Gasteiger partial charge in [-0.05, 0) is 30.5 Å². The Labute approximate surface area is 183 Å². The summed E-state index contributed by atoms with van der Waals surface area (Å²) in [6.07, 6.45) is 2.65. The van der Waals surface area contributed by atoms with Crippen LogP contribution in [0.25, 0.3) is 0 Å². The Morgan fingerprint density at radius 1 is 1.42 bits per heavy atom. The highest BCUT2D eigenvalue weighted by Gasteiger charge is 2.22. The number of anilines is 1. The van der Waals surface area contributed by atoms with Crippen molar-refractivity contribution in [3.8, 4) is 0 Å². The van der Waals surface area contributed by atoms with E-state index in [1.165, 1.54) is 0 Å². The van der Waals surface area contributed by atoms with Crippen LogP contribution in [-0.4, -0.2) is 46.8 Å². The predicted molar refractivity (Wildman–Crippen MR) is 121 cm³/mol. The van der Waals surface area contributed by atoms with Gasteiger partial charge in [0.25, 0.3) is 0 Å². The lowest BCUT2D eigenvalue weighted by Crippen LogP contribution is -2.46. The molecule has 0 radical (unpaired) electrons. The Morgan fingerprint density at radius 2 is 2.26 bits per heavy atom. The summed E-state index contributed by atoms with van der Waals surface area (Å²) in [6.45, 7) is 5.72. The second-order valence-electron chi connectivity index (χ2n) is 7.86. The van der Waals surface area contributed by atoms with Crippen LogP contribution in [0.3, 0.4) is 0 Å². The van der Waals surface area contributed by atoms with Crippen LogP contribution in [0.2, 0.25) is 0 Å². The lowest BCUT2D eigenvalue weighted by molar-refractivity contribution is -0.119. The van der Waals surface area contributed by atoms with Crippen molar-refractivity contribution in [2.75, 3.05) is 19.5 Å². The van der Waals surface area contributed by atoms with Crippen molar-refractivity contribution in [2.45, 2.75) is 58.8 Å². The molecule has 2 aromatic rings. The number of carbonyl (C=O) groups excluding carboxylic acids is 1. The van der Waals surface area contributed by atoms with Gasteiger partial charge in [0.15, 0.2) is 11.8 Å². The van der Waals surface area contributed by atoms with E-state index < -0.39 is 0 Å². The molecular weight excluding hydrogens is 394 g/mol. The fourth-order valence-corrected chi connectivity index (χ4v) is 3.45. The van der Waals surface area contributed by atoms with E-state index in [4.69, 9.17) is 4.74 Å². The lowest BCUT2D eigenvalue weighted by atomic mass is 10.1. The van der Waals surface area contributed by atoms with Crippen LogP contribution in [0.5, 0.6) is 0 Å². The van der Waals surface area contributed by atoms with E-state index in [0.717, 1.165) is 54.7 Å². The smallest absolute Gasteiger partial charge is 0.227 e. The minimum Gasteiger partial charge on any atom is -0.377 e. The lowest BCUT2D eigenvalue weighted by Gasteiger charge is -2.25. The first-order chi connectivity index (χ1) is 15.0.